The van der Waals surface area contributed by atoms with Gasteiger partial charge in [0.15, 0.2) is 0 Å². The number of hydrogen-bond acceptors (Lipinski definition) is 3. The van der Waals surface area contributed by atoms with E-state index in [0.29, 0.717) is 6.54 Å². The van der Waals surface area contributed by atoms with Gasteiger partial charge in [0.1, 0.15) is 0 Å². The third-order valence-electron chi connectivity index (χ3n) is 2.63. The second-order valence-corrected chi connectivity index (χ2v) is 5.47. The van der Waals surface area contributed by atoms with Crippen molar-refractivity contribution in [1.29, 1.82) is 0 Å². The summed E-state index contributed by atoms with van der Waals surface area (Å²) in [7, 11) is 0. The standard InChI is InChI=1S/C11H14BrN3S/c1-7-11(12)8(2)15(14-7)9(6-13)10-4-3-5-16-10/h3-5,9H,6,13H2,1-2H3. The summed E-state index contributed by atoms with van der Waals surface area (Å²) in [5.74, 6) is 0. The number of nitrogens with two attached hydrogens (primary N) is 1. The Bertz CT molecular complexity index is 476. The van der Waals surface area contributed by atoms with Crippen molar-refractivity contribution in [3.05, 3.63) is 38.3 Å². The molecular weight excluding hydrogens is 286 g/mol. The van der Waals surface area contributed by atoms with Crippen molar-refractivity contribution in [2.45, 2.75) is 19.9 Å². The Morgan fingerprint density at radius 3 is 2.75 bits per heavy atom. The molecule has 86 valence electrons. The first kappa shape index (κ1) is 11.8. The predicted molar refractivity (Wildman–Crippen MR) is 70.9 cm³/mol. The van der Waals surface area contributed by atoms with Crippen molar-refractivity contribution < 1.29 is 0 Å². The maximum absolute atomic E-state index is 5.85. The van der Waals surface area contributed by atoms with Gasteiger partial charge in [0.25, 0.3) is 0 Å². The van der Waals surface area contributed by atoms with E-state index < -0.39 is 0 Å². The van der Waals surface area contributed by atoms with E-state index in [1.54, 1.807) is 11.3 Å². The van der Waals surface area contributed by atoms with Crippen LogP contribution in [0.15, 0.2) is 22.0 Å². The summed E-state index contributed by atoms with van der Waals surface area (Å²) in [4.78, 5) is 1.25. The molecule has 2 aromatic heterocycles. The molecule has 2 N–H and O–H groups in total. The fourth-order valence-electron chi connectivity index (χ4n) is 1.76. The van der Waals surface area contributed by atoms with Crippen molar-refractivity contribution in [3.63, 3.8) is 0 Å². The molecule has 3 nitrogen and oxygen atoms in total. The summed E-state index contributed by atoms with van der Waals surface area (Å²) in [6, 6.07) is 4.29. The molecule has 2 aromatic rings. The highest BCUT2D eigenvalue weighted by Crippen LogP contribution is 2.27. The molecule has 0 saturated carbocycles. The van der Waals surface area contributed by atoms with E-state index in [1.165, 1.54) is 4.88 Å². The van der Waals surface area contributed by atoms with Crippen LogP contribution in [0.5, 0.6) is 0 Å². The molecule has 0 aliphatic heterocycles. The van der Waals surface area contributed by atoms with Crippen LogP contribution >= 0.6 is 27.3 Å². The molecule has 0 saturated heterocycles. The summed E-state index contributed by atoms with van der Waals surface area (Å²) in [6.45, 7) is 4.62. The van der Waals surface area contributed by atoms with Gasteiger partial charge in [0.2, 0.25) is 0 Å². The topological polar surface area (TPSA) is 43.8 Å². The van der Waals surface area contributed by atoms with Crippen LogP contribution in [0.3, 0.4) is 0 Å². The Morgan fingerprint density at radius 2 is 2.31 bits per heavy atom. The largest absolute Gasteiger partial charge is 0.328 e. The van der Waals surface area contributed by atoms with Crippen LogP contribution in [0, 0.1) is 13.8 Å². The minimum Gasteiger partial charge on any atom is -0.328 e. The van der Waals surface area contributed by atoms with Crippen LogP contribution in [0.25, 0.3) is 0 Å². The molecule has 1 unspecified atom stereocenters. The summed E-state index contributed by atoms with van der Waals surface area (Å²) < 4.78 is 3.08. The smallest absolute Gasteiger partial charge is 0.0985 e. The number of thiophene rings is 1. The zero-order valence-electron chi connectivity index (χ0n) is 9.27. The summed E-state index contributed by atoms with van der Waals surface area (Å²) in [5, 5.41) is 6.60. The zero-order valence-corrected chi connectivity index (χ0v) is 11.7. The average Bonchev–Trinajstić information content (AvgIpc) is 2.86. The van der Waals surface area contributed by atoms with E-state index >= 15 is 0 Å². The van der Waals surface area contributed by atoms with Crippen molar-refractivity contribution in [3.8, 4) is 0 Å². The Kier molecular flexibility index (Phi) is 3.47. The highest BCUT2D eigenvalue weighted by molar-refractivity contribution is 9.10. The molecule has 0 aliphatic carbocycles. The van der Waals surface area contributed by atoms with Gasteiger partial charge < -0.3 is 5.73 Å². The lowest BCUT2D eigenvalue weighted by atomic mass is 10.2. The molecule has 0 aromatic carbocycles. The first-order chi connectivity index (χ1) is 7.65. The van der Waals surface area contributed by atoms with Gasteiger partial charge in [-0.05, 0) is 41.2 Å². The lowest BCUT2D eigenvalue weighted by Gasteiger charge is -2.15. The molecule has 16 heavy (non-hydrogen) atoms. The van der Waals surface area contributed by atoms with Crippen molar-refractivity contribution in [1.82, 2.24) is 9.78 Å². The first-order valence-corrected chi connectivity index (χ1v) is 6.77. The van der Waals surface area contributed by atoms with Crippen LogP contribution in [0.1, 0.15) is 22.3 Å². The zero-order chi connectivity index (χ0) is 11.7. The third-order valence-corrected chi connectivity index (χ3v) is 4.75. The molecule has 0 aliphatic rings. The molecule has 2 rings (SSSR count). The number of nitrogens with zero attached hydrogens (tertiary/aromatic N) is 2. The molecular formula is C11H14BrN3S. The van der Waals surface area contributed by atoms with Gasteiger partial charge in [-0.25, -0.2) is 0 Å². The minimum atomic E-state index is 0.144. The second-order valence-electron chi connectivity index (χ2n) is 3.70. The molecule has 5 heteroatoms. The van der Waals surface area contributed by atoms with Gasteiger partial charge >= 0.3 is 0 Å². The highest BCUT2D eigenvalue weighted by atomic mass is 79.9. The fourth-order valence-corrected chi connectivity index (χ4v) is 2.85. The quantitative estimate of drug-likeness (QED) is 0.947. The van der Waals surface area contributed by atoms with E-state index in [-0.39, 0.29) is 6.04 Å². The lowest BCUT2D eigenvalue weighted by Crippen LogP contribution is -2.21. The van der Waals surface area contributed by atoms with E-state index in [1.807, 2.05) is 17.7 Å². The third kappa shape index (κ3) is 1.95. The van der Waals surface area contributed by atoms with Gasteiger partial charge in [-0.1, -0.05) is 6.07 Å². The average molecular weight is 300 g/mol. The molecule has 0 amide bonds. The van der Waals surface area contributed by atoms with Gasteiger partial charge in [-0.15, -0.1) is 11.3 Å². The Hall–Kier alpha value is -0.650. The molecule has 0 spiro atoms. The number of rotatable bonds is 3. The van der Waals surface area contributed by atoms with Gasteiger partial charge in [-0.3, -0.25) is 4.68 Å². The Morgan fingerprint density at radius 1 is 1.56 bits per heavy atom. The minimum absolute atomic E-state index is 0.144. The Balaban J connectivity index is 2.45. The first-order valence-electron chi connectivity index (χ1n) is 5.09. The normalized spacial score (nSPS) is 13.0. The van der Waals surface area contributed by atoms with E-state index in [4.69, 9.17) is 5.73 Å². The second kappa shape index (κ2) is 4.69. The maximum Gasteiger partial charge on any atom is 0.0985 e. The predicted octanol–water partition coefficient (Wildman–Crippen LogP) is 2.87. The van der Waals surface area contributed by atoms with Crippen molar-refractivity contribution in [2.24, 2.45) is 5.73 Å². The van der Waals surface area contributed by atoms with Crippen LogP contribution < -0.4 is 5.73 Å². The van der Waals surface area contributed by atoms with Crippen LogP contribution in [-0.2, 0) is 0 Å². The number of aryl methyl sites for hydroxylation is 1. The molecule has 0 radical (unpaired) electrons. The van der Waals surface area contributed by atoms with Crippen LogP contribution in [-0.4, -0.2) is 16.3 Å². The monoisotopic (exact) mass is 299 g/mol. The number of hydrogen-bond donors (Lipinski definition) is 1. The summed E-state index contributed by atoms with van der Waals surface area (Å²) >= 11 is 5.26. The van der Waals surface area contributed by atoms with Gasteiger partial charge in [-0.2, -0.15) is 5.10 Å². The van der Waals surface area contributed by atoms with Gasteiger partial charge in [0.05, 0.1) is 21.9 Å². The van der Waals surface area contributed by atoms with Crippen LogP contribution in [0.2, 0.25) is 0 Å². The van der Waals surface area contributed by atoms with E-state index in [0.717, 1.165) is 15.9 Å². The molecule has 1 atom stereocenters. The van der Waals surface area contributed by atoms with Crippen molar-refractivity contribution in [2.75, 3.05) is 6.54 Å². The maximum atomic E-state index is 5.85. The number of aromatic nitrogens is 2. The molecule has 0 fully saturated rings. The fraction of sp³-hybridized carbons (Fsp3) is 0.364. The van der Waals surface area contributed by atoms with Gasteiger partial charge in [0, 0.05) is 11.4 Å². The SMILES string of the molecule is Cc1nn(C(CN)c2cccs2)c(C)c1Br. The summed E-state index contributed by atoms with van der Waals surface area (Å²) in [5.41, 5.74) is 7.99. The Labute approximate surface area is 107 Å². The van der Waals surface area contributed by atoms with E-state index in [2.05, 4.69) is 39.4 Å². The molecule has 0 bridgehead atoms. The van der Waals surface area contributed by atoms with Crippen LogP contribution in [0.4, 0.5) is 0 Å². The molecule has 2 heterocycles. The highest BCUT2D eigenvalue weighted by Gasteiger charge is 2.18. The number of halogens is 1. The van der Waals surface area contributed by atoms with Crippen molar-refractivity contribution >= 4 is 27.3 Å². The lowest BCUT2D eigenvalue weighted by molar-refractivity contribution is 0.523. The summed E-state index contributed by atoms with van der Waals surface area (Å²) in [6.07, 6.45) is 0. The van der Waals surface area contributed by atoms with E-state index in [9.17, 15) is 0 Å².